The van der Waals surface area contributed by atoms with Crippen molar-refractivity contribution in [1.29, 1.82) is 0 Å². The van der Waals surface area contributed by atoms with Gasteiger partial charge in [0.25, 0.3) is 0 Å². The number of nitrogens with one attached hydrogen (secondary N) is 2. The minimum absolute atomic E-state index is 0.175. The van der Waals surface area contributed by atoms with Gasteiger partial charge in [-0.15, -0.1) is 0 Å². The van der Waals surface area contributed by atoms with E-state index in [4.69, 9.17) is 12.2 Å². The maximum Gasteiger partial charge on any atom is 0.328 e. The molecule has 6 heteroatoms. The van der Waals surface area contributed by atoms with Crippen molar-refractivity contribution in [2.45, 2.75) is 52.5 Å². The molecule has 0 saturated carbocycles. The molecule has 104 valence electrons. The summed E-state index contributed by atoms with van der Waals surface area (Å²) in [6, 6.07) is 0. The number of imidazole rings is 1. The summed E-state index contributed by atoms with van der Waals surface area (Å²) in [6.07, 6.45) is 5.26. The Labute approximate surface area is 117 Å². The van der Waals surface area contributed by atoms with E-state index in [1.54, 1.807) is 4.57 Å². The number of fused-ring (bicyclic) bond motifs is 1. The summed E-state index contributed by atoms with van der Waals surface area (Å²) >= 11 is 5.19. The first kappa shape index (κ1) is 14.0. The first-order chi connectivity index (χ1) is 9.17. The predicted molar refractivity (Wildman–Crippen MR) is 79.1 cm³/mol. The highest BCUT2D eigenvalue weighted by Crippen LogP contribution is 2.12. The van der Waals surface area contributed by atoms with E-state index in [0.29, 0.717) is 16.8 Å². The lowest BCUT2D eigenvalue weighted by atomic mass is 10.2. The highest BCUT2D eigenvalue weighted by molar-refractivity contribution is 7.71. The van der Waals surface area contributed by atoms with Crippen molar-refractivity contribution in [1.82, 2.24) is 19.5 Å². The van der Waals surface area contributed by atoms with Gasteiger partial charge < -0.3 is 4.98 Å². The molecule has 0 aliphatic heterocycles. The summed E-state index contributed by atoms with van der Waals surface area (Å²) in [7, 11) is 0. The Morgan fingerprint density at radius 3 is 2.68 bits per heavy atom. The molecule has 2 rings (SSSR count). The zero-order chi connectivity index (χ0) is 13.8. The molecule has 2 N–H and O–H groups in total. The zero-order valence-corrected chi connectivity index (χ0v) is 12.3. The van der Waals surface area contributed by atoms with Crippen molar-refractivity contribution < 1.29 is 0 Å². The third kappa shape index (κ3) is 2.94. The Hall–Kier alpha value is -1.43. The number of aryl methyl sites for hydroxylation is 2. The van der Waals surface area contributed by atoms with Crippen molar-refractivity contribution in [2.75, 3.05) is 0 Å². The molecule has 0 radical (unpaired) electrons. The van der Waals surface area contributed by atoms with Crippen LogP contribution in [0.3, 0.4) is 0 Å². The molecule has 0 bridgehead atoms. The normalized spacial score (nSPS) is 11.3. The summed E-state index contributed by atoms with van der Waals surface area (Å²) in [6.45, 7) is 4.86. The summed E-state index contributed by atoms with van der Waals surface area (Å²) in [5.41, 5.74) is 1.28. The van der Waals surface area contributed by atoms with Crippen LogP contribution < -0.4 is 5.69 Å². The van der Waals surface area contributed by atoms with Gasteiger partial charge in [0, 0.05) is 13.0 Å². The van der Waals surface area contributed by atoms with Gasteiger partial charge in [-0.3, -0.25) is 9.55 Å². The van der Waals surface area contributed by atoms with Crippen LogP contribution in [-0.2, 0) is 13.0 Å². The molecule has 2 aromatic rings. The van der Waals surface area contributed by atoms with Gasteiger partial charge in [0.1, 0.15) is 16.0 Å². The first-order valence-corrected chi connectivity index (χ1v) is 7.29. The van der Waals surface area contributed by atoms with Gasteiger partial charge in [-0.25, -0.2) is 9.78 Å². The van der Waals surface area contributed by atoms with E-state index < -0.39 is 0 Å². The highest BCUT2D eigenvalue weighted by Gasteiger charge is 2.10. The molecule has 0 spiro atoms. The van der Waals surface area contributed by atoms with E-state index in [-0.39, 0.29) is 5.69 Å². The summed E-state index contributed by atoms with van der Waals surface area (Å²) in [4.78, 5) is 22.4. The van der Waals surface area contributed by atoms with E-state index >= 15 is 0 Å². The summed E-state index contributed by atoms with van der Waals surface area (Å²) < 4.78 is 2.10. The highest BCUT2D eigenvalue weighted by atomic mass is 32.1. The van der Waals surface area contributed by atoms with Gasteiger partial charge in [0.2, 0.25) is 0 Å². The number of H-pyrrole nitrogens is 2. The molecule has 19 heavy (non-hydrogen) atoms. The predicted octanol–water partition coefficient (Wildman–Crippen LogP) is 2.92. The van der Waals surface area contributed by atoms with Gasteiger partial charge in [0.15, 0.2) is 5.65 Å². The Morgan fingerprint density at radius 1 is 1.21 bits per heavy atom. The van der Waals surface area contributed by atoms with Gasteiger partial charge >= 0.3 is 5.69 Å². The second-order valence-corrected chi connectivity index (χ2v) is 5.16. The van der Waals surface area contributed by atoms with Crippen LogP contribution in [0.1, 0.15) is 45.4 Å². The first-order valence-electron chi connectivity index (χ1n) is 6.89. The second-order valence-electron chi connectivity index (χ2n) is 4.75. The smallest absolute Gasteiger partial charge is 0.328 e. The van der Waals surface area contributed by atoms with E-state index in [1.807, 2.05) is 6.92 Å². The number of hydrogen-bond acceptors (Lipinski definition) is 3. The van der Waals surface area contributed by atoms with Gasteiger partial charge in [-0.05, 0) is 12.8 Å². The number of hydrogen-bond donors (Lipinski definition) is 2. The van der Waals surface area contributed by atoms with E-state index in [9.17, 15) is 4.79 Å². The van der Waals surface area contributed by atoms with Crippen molar-refractivity contribution in [3.05, 3.63) is 20.9 Å². The molecule has 2 heterocycles. The topological polar surface area (TPSA) is 66.5 Å². The third-order valence-corrected chi connectivity index (χ3v) is 3.45. The van der Waals surface area contributed by atoms with Gasteiger partial charge in [-0.1, -0.05) is 38.9 Å². The number of rotatable bonds is 6. The average Bonchev–Trinajstić information content (AvgIpc) is 2.79. The van der Waals surface area contributed by atoms with Crippen molar-refractivity contribution in [2.24, 2.45) is 0 Å². The lowest BCUT2D eigenvalue weighted by Crippen LogP contribution is -2.23. The second kappa shape index (κ2) is 6.14. The largest absolute Gasteiger partial charge is 0.338 e. The minimum atomic E-state index is -0.175. The molecular formula is C13H20N4OS. The van der Waals surface area contributed by atoms with Gasteiger partial charge in [-0.2, -0.15) is 0 Å². The Morgan fingerprint density at radius 2 is 2.00 bits per heavy atom. The quantitative estimate of drug-likeness (QED) is 0.631. The summed E-state index contributed by atoms with van der Waals surface area (Å²) in [5, 5.41) is 0. The Bertz CT molecular complexity index is 667. The van der Waals surface area contributed by atoms with Crippen LogP contribution in [0.25, 0.3) is 11.2 Å². The van der Waals surface area contributed by atoms with Crippen LogP contribution in [0.2, 0.25) is 0 Å². The fourth-order valence-electron chi connectivity index (χ4n) is 2.18. The minimum Gasteiger partial charge on any atom is -0.338 e. The monoisotopic (exact) mass is 280 g/mol. The average molecular weight is 280 g/mol. The van der Waals surface area contributed by atoms with E-state index in [2.05, 4.69) is 21.9 Å². The fraction of sp³-hybridized carbons (Fsp3) is 0.615. The Kier molecular flexibility index (Phi) is 4.52. The molecule has 0 aliphatic carbocycles. The molecular weight excluding hydrogens is 260 g/mol. The zero-order valence-electron chi connectivity index (χ0n) is 11.5. The standard InChI is InChI=1S/C13H20N4OS/c1-3-5-6-7-9-14-10-11(15-9)17(8-4-2)13(18)16-12(10)19/h3-8H2,1-2H3,(H,14,15)(H,16,18,19). The number of aromatic amines is 2. The molecule has 0 amide bonds. The third-order valence-electron chi connectivity index (χ3n) is 3.15. The molecule has 0 aliphatic rings. The fourth-order valence-corrected chi connectivity index (χ4v) is 2.41. The lowest BCUT2D eigenvalue weighted by Gasteiger charge is -2.03. The lowest BCUT2D eigenvalue weighted by molar-refractivity contribution is 0.652. The van der Waals surface area contributed by atoms with Crippen molar-refractivity contribution in [3.8, 4) is 0 Å². The van der Waals surface area contributed by atoms with Crippen LogP contribution in [0.5, 0.6) is 0 Å². The van der Waals surface area contributed by atoms with Crippen LogP contribution in [0, 0.1) is 4.64 Å². The number of aromatic nitrogens is 4. The molecule has 0 atom stereocenters. The molecule has 0 fully saturated rings. The van der Waals surface area contributed by atoms with E-state index in [1.165, 1.54) is 12.8 Å². The number of nitrogens with zero attached hydrogens (tertiary/aromatic N) is 2. The molecule has 0 saturated heterocycles. The maximum atomic E-state index is 11.9. The molecule has 2 aromatic heterocycles. The van der Waals surface area contributed by atoms with Crippen LogP contribution >= 0.6 is 12.2 Å². The molecule has 5 nitrogen and oxygen atoms in total. The molecule has 0 unspecified atom stereocenters. The van der Waals surface area contributed by atoms with Crippen LogP contribution in [-0.4, -0.2) is 19.5 Å². The van der Waals surface area contributed by atoms with Gasteiger partial charge in [0.05, 0.1) is 0 Å². The summed E-state index contributed by atoms with van der Waals surface area (Å²) in [5.74, 6) is 0.915. The van der Waals surface area contributed by atoms with Crippen LogP contribution in [0.4, 0.5) is 0 Å². The van der Waals surface area contributed by atoms with Crippen LogP contribution in [0.15, 0.2) is 4.79 Å². The van der Waals surface area contributed by atoms with Crippen molar-refractivity contribution in [3.63, 3.8) is 0 Å². The Balaban J connectivity index is 2.45. The van der Waals surface area contributed by atoms with E-state index in [0.717, 1.165) is 30.6 Å². The van der Waals surface area contributed by atoms with Crippen molar-refractivity contribution >= 4 is 23.4 Å². The SMILES string of the molecule is CCCCCc1nc2c([nH]1)c(=S)[nH]c(=O)n2CCC. The maximum absolute atomic E-state index is 11.9. The molecule has 0 aromatic carbocycles. The number of unbranched alkanes of at least 4 members (excludes halogenated alkanes) is 2.